The number of sulfonamides is 1. The number of hydrogen-bond acceptors (Lipinski definition) is 6. The molecule has 1 fully saturated rings. The van der Waals surface area contributed by atoms with Gasteiger partial charge in [-0.25, -0.2) is 12.8 Å². The van der Waals surface area contributed by atoms with E-state index in [1.165, 1.54) is 49.5 Å². The third-order valence-electron chi connectivity index (χ3n) is 6.50. The van der Waals surface area contributed by atoms with Gasteiger partial charge in [0.25, 0.3) is 0 Å². The first-order valence-electron chi connectivity index (χ1n) is 12.1. The number of hydrogen-bond donors (Lipinski definition) is 1. The Morgan fingerprint density at radius 2 is 1.78 bits per heavy atom. The zero-order valence-electron chi connectivity index (χ0n) is 21.6. The van der Waals surface area contributed by atoms with Crippen LogP contribution in [0.4, 0.5) is 10.1 Å². The van der Waals surface area contributed by atoms with E-state index in [1.54, 1.807) is 19.1 Å². The van der Waals surface area contributed by atoms with Crippen molar-refractivity contribution < 1.29 is 31.9 Å². The van der Waals surface area contributed by atoms with Crippen LogP contribution in [0.5, 0.6) is 11.5 Å². The van der Waals surface area contributed by atoms with Gasteiger partial charge in [0.15, 0.2) is 0 Å². The fourth-order valence-electron chi connectivity index (χ4n) is 4.37. The maximum Gasteiger partial charge on any atom is 0.244 e. The van der Waals surface area contributed by atoms with E-state index in [0.29, 0.717) is 5.75 Å². The van der Waals surface area contributed by atoms with Crippen LogP contribution in [0.3, 0.4) is 0 Å². The highest BCUT2D eigenvalue weighted by Crippen LogP contribution is 2.33. The fraction of sp³-hybridized carbons (Fsp3) is 0.462. The zero-order chi connectivity index (χ0) is 27.2. The average Bonchev–Trinajstić information content (AvgIpc) is 3.38. The highest BCUT2D eigenvalue weighted by atomic mass is 32.2. The molecule has 37 heavy (non-hydrogen) atoms. The van der Waals surface area contributed by atoms with Crippen molar-refractivity contribution in [2.24, 2.45) is 0 Å². The number of benzene rings is 2. The van der Waals surface area contributed by atoms with E-state index < -0.39 is 34.3 Å². The largest absolute Gasteiger partial charge is 0.497 e. The smallest absolute Gasteiger partial charge is 0.244 e. The van der Waals surface area contributed by atoms with Gasteiger partial charge >= 0.3 is 0 Å². The summed E-state index contributed by atoms with van der Waals surface area (Å²) >= 11 is 0. The molecule has 1 atom stereocenters. The molecule has 0 aliphatic heterocycles. The second-order valence-corrected chi connectivity index (χ2v) is 11.0. The Balaban J connectivity index is 1.94. The van der Waals surface area contributed by atoms with E-state index in [-0.39, 0.29) is 35.5 Å². The van der Waals surface area contributed by atoms with Gasteiger partial charge in [-0.1, -0.05) is 31.0 Å². The first kappa shape index (κ1) is 28.2. The van der Waals surface area contributed by atoms with Crippen molar-refractivity contribution in [3.8, 4) is 11.5 Å². The van der Waals surface area contributed by atoms with Crippen molar-refractivity contribution in [3.05, 3.63) is 53.8 Å². The molecule has 11 heteroatoms. The molecule has 0 radical (unpaired) electrons. The van der Waals surface area contributed by atoms with Crippen LogP contribution in [0.2, 0.25) is 0 Å². The number of amides is 2. The van der Waals surface area contributed by atoms with Crippen LogP contribution >= 0.6 is 0 Å². The van der Waals surface area contributed by atoms with Gasteiger partial charge in [-0.15, -0.1) is 0 Å². The number of methoxy groups -OCH3 is 2. The zero-order valence-corrected chi connectivity index (χ0v) is 22.4. The van der Waals surface area contributed by atoms with Gasteiger partial charge in [0.2, 0.25) is 21.8 Å². The maximum atomic E-state index is 14.5. The number of nitrogens with one attached hydrogen (secondary N) is 1. The summed E-state index contributed by atoms with van der Waals surface area (Å²) in [5.41, 5.74) is 0.345. The predicted molar refractivity (Wildman–Crippen MR) is 139 cm³/mol. The molecule has 1 N–H and O–H groups in total. The van der Waals surface area contributed by atoms with E-state index in [4.69, 9.17) is 9.47 Å². The summed E-state index contributed by atoms with van der Waals surface area (Å²) in [4.78, 5) is 27.9. The number of rotatable bonds is 11. The molecule has 202 valence electrons. The summed E-state index contributed by atoms with van der Waals surface area (Å²) in [5, 5.41) is 2.97. The topological polar surface area (TPSA) is 105 Å². The molecule has 9 nitrogen and oxygen atoms in total. The molecule has 3 rings (SSSR count). The van der Waals surface area contributed by atoms with Crippen molar-refractivity contribution in [2.75, 3.05) is 31.3 Å². The summed E-state index contributed by atoms with van der Waals surface area (Å²) in [7, 11) is -1.12. The van der Waals surface area contributed by atoms with Crippen LogP contribution in [-0.4, -0.2) is 64.2 Å². The molecule has 2 amide bonds. The van der Waals surface area contributed by atoms with Crippen molar-refractivity contribution >= 4 is 27.5 Å². The number of halogens is 1. The van der Waals surface area contributed by atoms with Gasteiger partial charge in [-0.2, -0.15) is 0 Å². The number of ether oxygens (including phenoxy) is 2. The normalized spacial score (nSPS) is 14.6. The van der Waals surface area contributed by atoms with Crippen molar-refractivity contribution in [1.82, 2.24) is 10.2 Å². The lowest BCUT2D eigenvalue weighted by atomic mass is 10.1. The second kappa shape index (κ2) is 12.3. The Morgan fingerprint density at radius 3 is 2.38 bits per heavy atom. The Kier molecular flexibility index (Phi) is 9.36. The third kappa shape index (κ3) is 7.12. The number of nitrogens with zero attached hydrogens (tertiary/aromatic N) is 2. The Morgan fingerprint density at radius 1 is 1.11 bits per heavy atom. The van der Waals surface area contributed by atoms with Crippen LogP contribution in [0, 0.1) is 5.82 Å². The standard InChI is InChI=1S/C26H34FN3O6S/c1-18(26(32)28-20-10-6-7-11-20)29(16-19-9-5-8-12-22(19)27)25(31)17-30(37(4,33)34)23-14-13-21(35-2)15-24(23)36-3/h5,8-9,12-15,18,20H,6-7,10-11,16-17H2,1-4H3,(H,28,32). The van der Waals surface area contributed by atoms with Gasteiger partial charge in [-0.3, -0.25) is 13.9 Å². The highest BCUT2D eigenvalue weighted by molar-refractivity contribution is 7.92. The molecule has 0 spiro atoms. The summed E-state index contributed by atoms with van der Waals surface area (Å²) < 4.78 is 51.5. The molecule has 0 saturated heterocycles. The highest BCUT2D eigenvalue weighted by Gasteiger charge is 2.32. The van der Waals surface area contributed by atoms with Crippen LogP contribution in [0.1, 0.15) is 38.2 Å². The minimum Gasteiger partial charge on any atom is -0.497 e. The Hall–Kier alpha value is -3.34. The number of carbonyl (C=O) groups is 2. The minimum atomic E-state index is -3.95. The van der Waals surface area contributed by atoms with Gasteiger partial charge in [0, 0.05) is 24.2 Å². The van der Waals surface area contributed by atoms with Crippen LogP contribution in [0.25, 0.3) is 0 Å². The molecule has 2 aromatic rings. The van der Waals surface area contributed by atoms with E-state index in [1.807, 2.05) is 0 Å². The van der Waals surface area contributed by atoms with E-state index in [0.717, 1.165) is 36.2 Å². The summed E-state index contributed by atoms with van der Waals surface area (Å²) in [6, 6.07) is 9.55. The molecular weight excluding hydrogens is 501 g/mol. The molecular formula is C26H34FN3O6S. The quantitative estimate of drug-likeness (QED) is 0.474. The fourth-order valence-corrected chi connectivity index (χ4v) is 5.22. The average molecular weight is 536 g/mol. The Bertz CT molecular complexity index is 1220. The second-order valence-electron chi connectivity index (χ2n) is 9.09. The lowest BCUT2D eigenvalue weighted by Gasteiger charge is -2.32. The summed E-state index contributed by atoms with van der Waals surface area (Å²) in [6.45, 7) is 0.737. The molecule has 0 aromatic heterocycles. The molecule has 1 unspecified atom stereocenters. The van der Waals surface area contributed by atoms with Crippen molar-refractivity contribution in [3.63, 3.8) is 0 Å². The molecule has 0 heterocycles. The van der Waals surface area contributed by atoms with Crippen LogP contribution in [-0.2, 0) is 26.2 Å². The van der Waals surface area contributed by atoms with Gasteiger partial charge < -0.3 is 19.7 Å². The van der Waals surface area contributed by atoms with E-state index >= 15 is 0 Å². The van der Waals surface area contributed by atoms with E-state index in [2.05, 4.69) is 5.32 Å². The van der Waals surface area contributed by atoms with Crippen LogP contribution in [0.15, 0.2) is 42.5 Å². The lowest BCUT2D eigenvalue weighted by molar-refractivity contribution is -0.139. The van der Waals surface area contributed by atoms with Crippen molar-refractivity contribution in [1.29, 1.82) is 0 Å². The molecule has 1 aliphatic carbocycles. The van der Waals surface area contributed by atoms with Gasteiger partial charge in [0.05, 0.1) is 26.2 Å². The SMILES string of the molecule is COc1ccc(N(CC(=O)N(Cc2ccccc2F)C(C)C(=O)NC2CCCC2)S(C)(=O)=O)c(OC)c1. The van der Waals surface area contributed by atoms with Crippen LogP contribution < -0.4 is 19.1 Å². The summed E-state index contributed by atoms with van der Waals surface area (Å²) in [6.07, 6.45) is 4.73. The molecule has 2 aromatic carbocycles. The maximum absolute atomic E-state index is 14.5. The molecule has 0 bridgehead atoms. The first-order chi connectivity index (χ1) is 17.5. The molecule has 1 saturated carbocycles. The van der Waals surface area contributed by atoms with Gasteiger partial charge in [-0.05, 0) is 38.0 Å². The van der Waals surface area contributed by atoms with Crippen molar-refractivity contribution in [2.45, 2.75) is 51.2 Å². The Labute approximate surface area is 217 Å². The number of anilines is 1. The predicted octanol–water partition coefficient (Wildman–Crippen LogP) is 3.09. The van der Waals surface area contributed by atoms with Gasteiger partial charge in [0.1, 0.15) is 29.9 Å². The summed E-state index contributed by atoms with van der Waals surface area (Å²) in [5.74, 6) is -0.936. The number of carbonyl (C=O) groups excluding carboxylic acids is 2. The minimum absolute atomic E-state index is 0.0245. The monoisotopic (exact) mass is 535 g/mol. The third-order valence-corrected chi connectivity index (χ3v) is 7.63. The van der Waals surface area contributed by atoms with E-state index in [9.17, 15) is 22.4 Å². The first-order valence-corrected chi connectivity index (χ1v) is 13.9. The lowest BCUT2D eigenvalue weighted by Crippen LogP contribution is -2.52. The molecule has 1 aliphatic rings.